The zero-order valence-corrected chi connectivity index (χ0v) is 13.7. The number of nitrogens with zero attached hydrogens (tertiary/aromatic N) is 2. The quantitative estimate of drug-likeness (QED) is 0.764. The van der Waals surface area contributed by atoms with E-state index < -0.39 is 0 Å². The van der Waals surface area contributed by atoms with Crippen LogP contribution in [-0.2, 0) is 6.42 Å². The summed E-state index contributed by atoms with van der Waals surface area (Å²) in [7, 11) is 1.58. The van der Waals surface area contributed by atoms with Crippen molar-refractivity contribution in [1.82, 2.24) is 15.0 Å². The number of rotatable bonds is 4. The van der Waals surface area contributed by atoms with Crippen LogP contribution in [0.4, 0.5) is 0 Å². The maximum atomic E-state index is 12.1. The predicted octanol–water partition coefficient (Wildman–Crippen LogP) is 2.73. The van der Waals surface area contributed by atoms with Crippen LogP contribution in [0.5, 0.6) is 5.88 Å². The van der Waals surface area contributed by atoms with Gasteiger partial charge in [-0.1, -0.05) is 17.7 Å². The van der Waals surface area contributed by atoms with Crippen molar-refractivity contribution in [2.75, 3.05) is 7.11 Å². The van der Waals surface area contributed by atoms with E-state index in [9.17, 15) is 4.79 Å². The summed E-state index contributed by atoms with van der Waals surface area (Å²) in [5.74, 6) is 0.210. The van der Waals surface area contributed by atoms with Gasteiger partial charge in [0, 0.05) is 35.0 Å². The van der Waals surface area contributed by atoms with Gasteiger partial charge in [-0.3, -0.25) is 4.79 Å². The molecule has 0 saturated heterocycles. The van der Waals surface area contributed by atoms with Crippen molar-refractivity contribution in [1.29, 1.82) is 0 Å². The maximum absolute atomic E-state index is 12.1. The number of aromatic amines is 2. The molecule has 1 amide bonds. The van der Waals surface area contributed by atoms with Crippen LogP contribution in [0, 0.1) is 0 Å². The molecule has 2 N–H and O–H groups in total. The Morgan fingerprint density at radius 1 is 1.25 bits per heavy atom. The van der Waals surface area contributed by atoms with E-state index in [-0.39, 0.29) is 5.91 Å². The highest BCUT2D eigenvalue weighted by Gasteiger charge is 2.05. The van der Waals surface area contributed by atoms with E-state index in [0.29, 0.717) is 28.5 Å². The largest absolute Gasteiger partial charge is 0.481 e. The number of aromatic nitrogens is 3. The molecule has 0 aliphatic carbocycles. The smallest absolute Gasteiger partial charge is 0.280 e. The average molecular weight is 343 g/mol. The van der Waals surface area contributed by atoms with Crippen LogP contribution in [0.25, 0.3) is 0 Å². The van der Waals surface area contributed by atoms with Gasteiger partial charge in [-0.05, 0) is 30.3 Å². The minimum atomic E-state index is -0.351. The highest BCUT2D eigenvalue weighted by Crippen LogP contribution is 2.11. The fraction of sp³-hybridized carbons (Fsp3) is 0.118. The molecule has 1 aromatic carbocycles. The standard InChI is InChI=1S/C17H15ClN4O2/c1-24-15-4-2-3-13(20-15)9-14-10-19-17(21-14)22-16(23)11-5-7-12(18)8-6-11/h2-8,10H,9H2,1H3,(H2,19,21,22,23). The molecule has 2 heterocycles. The van der Waals surface area contributed by atoms with Crippen LogP contribution in [0.3, 0.4) is 0 Å². The number of nitrogens with one attached hydrogen (secondary N) is 2. The van der Waals surface area contributed by atoms with Crippen molar-refractivity contribution in [3.63, 3.8) is 0 Å². The van der Waals surface area contributed by atoms with Crippen molar-refractivity contribution in [2.45, 2.75) is 6.42 Å². The van der Waals surface area contributed by atoms with Crippen LogP contribution < -0.4 is 10.4 Å². The van der Waals surface area contributed by atoms with Gasteiger partial charge in [-0.15, -0.1) is 0 Å². The molecule has 24 heavy (non-hydrogen) atoms. The lowest BCUT2D eigenvalue weighted by Crippen LogP contribution is -2.11. The zero-order chi connectivity index (χ0) is 16.9. The highest BCUT2D eigenvalue weighted by atomic mass is 35.5. The maximum Gasteiger partial charge on any atom is 0.280 e. The van der Waals surface area contributed by atoms with Crippen LogP contribution in [0.1, 0.15) is 21.7 Å². The molecule has 3 rings (SSSR count). The van der Waals surface area contributed by atoms with Crippen molar-refractivity contribution in [3.8, 4) is 5.88 Å². The molecule has 0 spiro atoms. The first-order valence-corrected chi connectivity index (χ1v) is 7.63. The Balaban J connectivity index is 1.77. The first kappa shape index (κ1) is 16.0. The number of imidazole rings is 1. The fourth-order valence-electron chi connectivity index (χ4n) is 2.16. The number of halogens is 1. The molecule has 7 heteroatoms. The number of ether oxygens (including phenoxy) is 1. The molecule has 6 nitrogen and oxygen atoms in total. The third-order valence-electron chi connectivity index (χ3n) is 3.33. The van der Waals surface area contributed by atoms with E-state index in [1.165, 1.54) is 0 Å². The molecule has 2 aromatic heterocycles. The number of H-pyrrole nitrogens is 2. The highest BCUT2D eigenvalue weighted by molar-refractivity contribution is 6.30. The Kier molecular flexibility index (Phi) is 4.77. The first-order valence-electron chi connectivity index (χ1n) is 7.25. The summed E-state index contributed by atoms with van der Waals surface area (Å²) in [4.78, 5) is 26.5. The topological polar surface area (TPSA) is 83.1 Å². The van der Waals surface area contributed by atoms with E-state index >= 15 is 0 Å². The SMILES string of the molecule is COc1cccc(Cc2c[nH]c(=NC(=O)c3ccc(Cl)cc3)[nH]2)n1. The number of carbonyl (C=O) groups is 1. The van der Waals surface area contributed by atoms with Gasteiger partial charge in [0.05, 0.1) is 12.8 Å². The van der Waals surface area contributed by atoms with Crippen LogP contribution >= 0.6 is 11.6 Å². The predicted molar refractivity (Wildman–Crippen MR) is 90.1 cm³/mol. The van der Waals surface area contributed by atoms with E-state index in [1.54, 1.807) is 43.6 Å². The summed E-state index contributed by atoms with van der Waals surface area (Å²) < 4.78 is 5.11. The number of methoxy groups -OCH3 is 1. The second kappa shape index (κ2) is 7.14. The Morgan fingerprint density at radius 3 is 2.79 bits per heavy atom. The number of amides is 1. The van der Waals surface area contributed by atoms with Gasteiger partial charge in [0.25, 0.3) is 5.91 Å². The Hall–Kier alpha value is -2.86. The summed E-state index contributed by atoms with van der Waals surface area (Å²) in [6, 6.07) is 12.2. The summed E-state index contributed by atoms with van der Waals surface area (Å²) >= 11 is 5.81. The third kappa shape index (κ3) is 3.91. The van der Waals surface area contributed by atoms with Gasteiger partial charge in [0.2, 0.25) is 11.5 Å². The lowest BCUT2D eigenvalue weighted by molar-refractivity contribution is 0.0997. The van der Waals surface area contributed by atoms with Crippen LogP contribution in [-0.4, -0.2) is 28.0 Å². The monoisotopic (exact) mass is 342 g/mol. The number of hydrogen-bond donors (Lipinski definition) is 2. The summed E-state index contributed by atoms with van der Waals surface area (Å²) in [6.07, 6.45) is 2.33. The molecule has 0 bridgehead atoms. The van der Waals surface area contributed by atoms with Gasteiger partial charge in [0.1, 0.15) is 0 Å². The van der Waals surface area contributed by atoms with Gasteiger partial charge in [-0.25, -0.2) is 4.98 Å². The van der Waals surface area contributed by atoms with E-state index in [0.717, 1.165) is 11.4 Å². The number of benzene rings is 1. The van der Waals surface area contributed by atoms with Crippen LogP contribution in [0.2, 0.25) is 5.02 Å². The first-order chi connectivity index (χ1) is 11.6. The fourth-order valence-corrected chi connectivity index (χ4v) is 2.28. The van der Waals surface area contributed by atoms with Crippen molar-refractivity contribution < 1.29 is 9.53 Å². The van der Waals surface area contributed by atoms with Crippen molar-refractivity contribution in [2.24, 2.45) is 4.99 Å². The third-order valence-corrected chi connectivity index (χ3v) is 3.58. The number of hydrogen-bond acceptors (Lipinski definition) is 3. The molecular weight excluding hydrogens is 328 g/mol. The molecule has 0 saturated carbocycles. The number of carbonyl (C=O) groups excluding carboxylic acids is 1. The van der Waals surface area contributed by atoms with Gasteiger partial charge >= 0.3 is 0 Å². The van der Waals surface area contributed by atoms with Gasteiger partial charge in [-0.2, -0.15) is 4.99 Å². The Labute approximate surface area is 143 Å². The number of pyridine rings is 1. The second-order valence-corrected chi connectivity index (χ2v) is 5.50. The normalized spacial score (nSPS) is 11.5. The summed E-state index contributed by atoms with van der Waals surface area (Å²) in [5.41, 5.74) is 2.56. The molecule has 0 aliphatic rings. The molecule has 3 aromatic rings. The van der Waals surface area contributed by atoms with Gasteiger partial charge in [0.15, 0.2) is 0 Å². The minimum Gasteiger partial charge on any atom is -0.481 e. The van der Waals surface area contributed by atoms with Crippen molar-refractivity contribution in [3.05, 3.63) is 76.3 Å². The van der Waals surface area contributed by atoms with E-state index in [4.69, 9.17) is 16.3 Å². The summed E-state index contributed by atoms with van der Waals surface area (Å²) in [6.45, 7) is 0. The minimum absolute atomic E-state index is 0.351. The second-order valence-electron chi connectivity index (χ2n) is 5.06. The Bertz CT molecular complexity index is 913. The lowest BCUT2D eigenvalue weighted by atomic mass is 10.2. The molecule has 0 unspecified atom stereocenters. The molecule has 0 aliphatic heterocycles. The molecule has 122 valence electrons. The van der Waals surface area contributed by atoms with E-state index in [2.05, 4.69) is 19.9 Å². The summed E-state index contributed by atoms with van der Waals surface area (Å²) in [5, 5.41) is 0.575. The average Bonchev–Trinajstić information content (AvgIpc) is 3.02. The molecule has 0 fully saturated rings. The zero-order valence-electron chi connectivity index (χ0n) is 12.9. The molecular formula is C17H15ClN4O2. The van der Waals surface area contributed by atoms with Crippen molar-refractivity contribution >= 4 is 17.5 Å². The van der Waals surface area contributed by atoms with E-state index in [1.807, 2.05) is 12.1 Å². The lowest BCUT2D eigenvalue weighted by Gasteiger charge is -2.01. The Morgan fingerprint density at radius 2 is 2.04 bits per heavy atom. The van der Waals surface area contributed by atoms with Gasteiger partial charge < -0.3 is 14.7 Å². The molecule has 0 atom stereocenters. The molecule has 0 radical (unpaired) electrons. The van der Waals surface area contributed by atoms with Crippen LogP contribution in [0.15, 0.2) is 53.7 Å².